The van der Waals surface area contributed by atoms with Crippen molar-refractivity contribution in [3.63, 3.8) is 0 Å². The number of nitrogen functional groups attached to an aromatic ring is 1. The maximum Gasteiger partial charge on any atom is 0.356 e. The summed E-state index contributed by atoms with van der Waals surface area (Å²) >= 11 is 11.9. The molecule has 0 atom stereocenters. The highest BCUT2D eigenvalue weighted by atomic mass is 35.5. The van der Waals surface area contributed by atoms with Crippen LogP contribution in [0.1, 0.15) is 16.1 Å². The van der Waals surface area contributed by atoms with Crippen molar-refractivity contribution in [2.75, 3.05) is 5.73 Å². The Kier molecular flexibility index (Phi) is 6.33. The van der Waals surface area contributed by atoms with Crippen molar-refractivity contribution in [2.24, 2.45) is 5.73 Å². The summed E-state index contributed by atoms with van der Waals surface area (Å²) in [5.74, 6) is -0.871. The lowest BCUT2D eigenvalue weighted by atomic mass is 10.1. The number of carbonyl (C=O) groups is 1. The third-order valence-corrected chi connectivity index (χ3v) is 4.71. The summed E-state index contributed by atoms with van der Waals surface area (Å²) < 4.78 is 1.27. The molecule has 0 fully saturated rings. The fourth-order valence-corrected chi connectivity index (χ4v) is 2.82. The zero-order chi connectivity index (χ0) is 21.0. The Morgan fingerprint density at radius 3 is 2.34 bits per heavy atom. The first-order valence-corrected chi connectivity index (χ1v) is 9.23. The van der Waals surface area contributed by atoms with Crippen LogP contribution in [-0.2, 0) is 6.54 Å². The van der Waals surface area contributed by atoms with Gasteiger partial charge in [-0.15, -0.1) is 0 Å². The summed E-state index contributed by atoms with van der Waals surface area (Å²) in [4.78, 5) is 15.3. The molecule has 2 aromatic heterocycles. The molecular formula is C20H17Cl2N5O2. The first-order valence-electron chi connectivity index (χ1n) is 8.48. The van der Waals surface area contributed by atoms with E-state index in [0.29, 0.717) is 27.9 Å². The molecule has 29 heavy (non-hydrogen) atoms. The molecule has 148 valence electrons. The summed E-state index contributed by atoms with van der Waals surface area (Å²) in [6, 6.07) is 18.0. The van der Waals surface area contributed by atoms with E-state index in [1.807, 2.05) is 30.3 Å². The highest BCUT2D eigenvalue weighted by Gasteiger charge is 2.13. The number of halogens is 2. The number of nitrogens with zero attached hydrogens (tertiary/aromatic N) is 3. The number of aromatic carboxylic acids is 1. The van der Waals surface area contributed by atoms with Crippen molar-refractivity contribution in [3.8, 4) is 11.3 Å². The number of nitrogens with two attached hydrogens (primary N) is 2. The van der Waals surface area contributed by atoms with Crippen molar-refractivity contribution in [3.05, 3.63) is 82.0 Å². The van der Waals surface area contributed by atoms with Crippen LogP contribution in [-0.4, -0.2) is 25.7 Å². The minimum Gasteiger partial charge on any atom is -0.476 e. The van der Waals surface area contributed by atoms with Crippen LogP contribution in [0.25, 0.3) is 16.9 Å². The summed E-state index contributed by atoms with van der Waals surface area (Å²) in [5.41, 5.74) is 13.9. The number of carboxylic acid groups (broad SMARTS) is 1. The van der Waals surface area contributed by atoms with Gasteiger partial charge in [0.05, 0.1) is 15.7 Å². The summed E-state index contributed by atoms with van der Waals surface area (Å²) in [5, 5.41) is 13.6. The van der Waals surface area contributed by atoms with Crippen LogP contribution >= 0.6 is 23.2 Å². The molecule has 0 aliphatic rings. The number of rotatable bonds is 3. The summed E-state index contributed by atoms with van der Waals surface area (Å²) in [6.07, 6.45) is 0. The number of benzene rings is 2. The van der Waals surface area contributed by atoms with Crippen molar-refractivity contribution in [2.45, 2.75) is 6.54 Å². The number of hydrogen-bond donors (Lipinski definition) is 3. The van der Waals surface area contributed by atoms with Crippen molar-refractivity contribution >= 4 is 40.6 Å². The first-order chi connectivity index (χ1) is 13.9. The standard InChI is InChI=1S/C13H8Cl2N4O2.C7H9N/c14-7-2-1-6(3-8(7)15)9-4-11(16)19-12(17-9)5-10(18-19)13(20)21;8-6-7-4-2-1-3-5-7/h1-5H,16H2,(H,20,21);1-5H,6,8H2. The van der Waals surface area contributed by atoms with E-state index < -0.39 is 5.97 Å². The van der Waals surface area contributed by atoms with Crippen molar-refractivity contribution in [1.29, 1.82) is 0 Å². The SMILES string of the molecule is NCc1ccccc1.Nc1cc(-c2ccc(Cl)c(Cl)c2)nc2cc(C(=O)O)nn12. The van der Waals surface area contributed by atoms with Crippen LogP contribution in [0.2, 0.25) is 10.0 Å². The van der Waals surface area contributed by atoms with Crippen LogP contribution in [0.3, 0.4) is 0 Å². The summed E-state index contributed by atoms with van der Waals surface area (Å²) in [6.45, 7) is 0.640. The van der Waals surface area contributed by atoms with Crippen LogP contribution in [0.15, 0.2) is 60.7 Å². The predicted octanol–water partition coefficient (Wildman–Crippen LogP) is 4.13. The molecule has 5 N–H and O–H groups in total. The van der Waals surface area contributed by atoms with E-state index in [1.165, 1.54) is 16.1 Å². The van der Waals surface area contributed by atoms with E-state index in [9.17, 15) is 4.79 Å². The number of anilines is 1. The van der Waals surface area contributed by atoms with Gasteiger partial charge >= 0.3 is 5.97 Å². The van der Waals surface area contributed by atoms with E-state index >= 15 is 0 Å². The van der Waals surface area contributed by atoms with Gasteiger partial charge in [-0.1, -0.05) is 59.6 Å². The molecule has 4 aromatic rings. The Morgan fingerprint density at radius 2 is 1.76 bits per heavy atom. The van der Waals surface area contributed by atoms with Crippen LogP contribution < -0.4 is 11.5 Å². The molecule has 7 nitrogen and oxygen atoms in total. The molecule has 0 bridgehead atoms. The van der Waals surface area contributed by atoms with Crippen molar-refractivity contribution in [1.82, 2.24) is 14.6 Å². The molecule has 0 saturated carbocycles. The lowest BCUT2D eigenvalue weighted by Gasteiger charge is -2.05. The largest absolute Gasteiger partial charge is 0.476 e. The first kappa shape index (κ1) is 20.6. The maximum absolute atomic E-state index is 10.9. The monoisotopic (exact) mass is 429 g/mol. The maximum atomic E-state index is 10.9. The fraction of sp³-hybridized carbons (Fsp3) is 0.0500. The minimum absolute atomic E-state index is 0.125. The Hall–Kier alpha value is -3.13. The number of fused-ring (bicyclic) bond motifs is 1. The molecule has 2 aromatic carbocycles. The van der Waals surface area contributed by atoms with E-state index in [-0.39, 0.29) is 11.5 Å². The molecule has 2 heterocycles. The highest BCUT2D eigenvalue weighted by Crippen LogP contribution is 2.28. The Balaban J connectivity index is 0.000000252. The number of aromatic nitrogens is 3. The lowest BCUT2D eigenvalue weighted by Crippen LogP contribution is -2.02. The van der Waals surface area contributed by atoms with E-state index in [0.717, 1.165) is 5.56 Å². The highest BCUT2D eigenvalue weighted by molar-refractivity contribution is 6.42. The Labute approximate surface area is 176 Å². The minimum atomic E-state index is -1.14. The second kappa shape index (κ2) is 8.91. The fourth-order valence-electron chi connectivity index (χ4n) is 2.52. The lowest BCUT2D eigenvalue weighted by molar-refractivity contribution is 0.0690. The molecule has 0 unspecified atom stereocenters. The second-order valence-corrected chi connectivity index (χ2v) is 6.80. The third kappa shape index (κ3) is 4.83. The van der Waals surface area contributed by atoms with E-state index in [1.54, 1.807) is 24.3 Å². The molecule has 0 spiro atoms. The molecule has 0 radical (unpaired) electrons. The van der Waals surface area contributed by atoms with E-state index in [4.69, 9.17) is 39.8 Å². The molecule has 0 amide bonds. The van der Waals surface area contributed by atoms with Crippen LogP contribution in [0, 0.1) is 0 Å². The van der Waals surface area contributed by atoms with Gasteiger partial charge in [-0.05, 0) is 17.7 Å². The smallest absolute Gasteiger partial charge is 0.356 e. The van der Waals surface area contributed by atoms with Gasteiger partial charge < -0.3 is 16.6 Å². The van der Waals surface area contributed by atoms with Gasteiger partial charge in [-0.3, -0.25) is 0 Å². The van der Waals surface area contributed by atoms with Gasteiger partial charge in [-0.2, -0.15) is 9.61 Å². The van der Waals surface area contributed by atoms with Crippen LogP contribution in [0.5, 0.6) is 0 Å². The third-order valence-electron chi connectivity index (χ3n) is 3.97. The van der Waals surface area contributed by atoms with E-state index in [2.05, 4.69) is 10.1 Å². The quantitative estimate of drug-likeness (QED) is 0.450. The average molecular weight is 430 g/mol. The second-order valence-electron chi connectivity index (χ2n) is 5.99. The van der Waals surface area contributed by atoms with Crippen molar-refractivity contribution < 1.29 is 9.90 Å². The molecule has 9 heteroatoms. The van der Waals surface area contributed by atoms with Gasteiger partial charge in [0.15, 0.2) is 11.3 Å². The van der Waals surface area contributed by atoms with Gasteiger partial charge in [-0.25, -0.2) is 9.78 Å². The average Bonchev–Trinajstić information content (AvgIpc) is 3.16. The number of carboxylic acids is 1. The summed E-state index contributed by atoms with van der Waals surface area (Å²) in [7, 11) is 0. The van der Waals surface area contributed by atoms with Crippen LogP contribution in [0.4, 0.5) is 5.82 Å². The number of hydrogen-bond acceptors (Lipinski definition) is 5. The Morgan fingerprint density at radius 1 is 1.03 bits per heavy atom. The van der Waals surface area contributed by atoms with Gasteiger partial charge in [0.1, 0.15) is 5.82 Å². The topological polar surface area (TPSA) is 120 Å². The van der Waals surface area contributed by atoms with Gasteiger partial charge in [0.25, 0.3) is 0 Å². The van der Waals surface area contributed by atoms with Gasteiger partial charge in [0.2, 0.25) is 0 Å². The molecule has 0 aliphatic heterocycles. The molecule has 0 aliphatic carbocycles. The predicted molar refractivity (Wildman–Crippen MR) is 114 cm³/mol. The Bertz CT molecular complexity index is 1160. The molecular weight excluding hydrogens is 413 g/mol. The van der Waals surface area contributed by atoms with Gasteiger partial charge in [0, 0.05) is 24.2 Å². The normalized spacial score (nSPS) is 10.4. The molecule has 0 saturated heterocycles. The zero-order valence-electron chi connectivity index (χ0n) is 15.1. The zero-order valence-corrected chi connectivity index (χ0v) is 16.6. The molecule has 4 rings (SSSR count).